The second-order valence-corrected chi connectivity index (χ2v) is 8.09. The van der Waals surface area contributed by atoms with E-state index in [0.717, 1.165) is 31.2 Å². The number of nitriles is 1. The van der Waals surface area contributed by atoms with Crippen molar-refractivity contribution >= 4 is 18.0 Å². The summed E-state index contributed by atoms with van der Waals surface area (Å²) in [6.45, 7) is 1.78. The van der Waals surface area contributed by atoms with Crippen LogP contribution in [0.15, 0.2) is 30.7 Å². The predicted molar refractivity (Wildman–Crippen MR) is 110 cm³/mol. The van der Waals surface area contributed by atoms with Crippen LogP contribution in [0.4, 0.5) is 13.2 Å². The number of aryl methyl sites for hydroxylation is 1. The van der Waals surface area contributed by atoms with Gasteiger partial charge in [0.1, 0.15) is 0 Å². The lowest BCUT2D eigenvalue weighted by atomic mass is 9.41. The van der Waals surface area contributed by atoms with Crippen LogP contribution < -0.4 is 0 Å². The number of halogens is 3. The van der Waals surface area contributed by atoms with Gasteiger partial charge in [0.25, 0.3) is 13.1 Å². The van der Waals surface area contributed by atoms with Crippen molar-refractivity contribution in [2.24, 2.45) is 0 Å². The summed E-state index contributed by atoms with van der Waals surface area (Å²) in [4.78, 5) is 8.58. The average molecular weight is 422 g/mol. The van der Waals surface area contributed by atoms with Gasteiger partial charge in [0, 0.05) is 29.8 Å². The van der Waals surface area contributed by atoms with Crippen LogP contribution in [0.3, 0.4) is 0 Å². The van der Waals surface area contributed by atoms with Crippen LogP contribution in [0, 0.1) is 24.0 Å². The fraction of sp³-hybridized carbons (Fsp3) is 0.333. The molecule has 10 heteroatoms. The molecule has 0 saturated carbocycles. The maximum Gasteiger partial charge on any atom is 0.267 e. The predicted octanol–water partition coefficient (Wildman–Crippen LogP) is 4.86. The van der Waals surface area contributed by atoms with Gasteiger partial charge < -0.3 is 4.40 Å². The first-order valence-electron chi connectivity index (χ1n) is 10.2. The summed E-state index contributed by atoms with van der Waals surface area (Å²) in [5, 5.41) is 13.4. The van der Waals surface area contributed by atoms with Gasteiger partial charge in [-0.05, 0) is 19.1 Å². The van der Waals surface area contributed by atoms with E-state index in [1.54, 1.807) is 29.9 Å². The van der Waals surface area contributed by atoms with E-state index in [1.165, 1.54) is 16.6 Å². The Labute approximate surface area is 176 Å². The lowest BCUT2D eigenvalue weighted by Gasteiger charge is -2.21. The molecule has 6 nitrogen and oxygen atoms in total. The highest BCUT2D eigenvalue weighted by molar-refractivity contribution is 6.67. The van der Waals surface area contributed by atoms with Crippen LogP contribution in [0.2, 0.25) is 12.6 Å². The molecular formula is C21H18BF3N6. The molecular weight excluding hydrogens is 404 g/mol. The Hall–Kier alpha value is -3.35. The maximum absolute atomic E-state index is 14.9. The average Bonchev–Trinajstić information content (AvgIpc) is 3.35. The fourth-order valence-corrected chi connectivity index (χ4v) is 4.35. The summed E-state index contributed by atoms with van der Waals surface area (Å²) < 4.78 is 45.0. The monoisotopic (exact) mass is 422 g/mol. The number of imidazole rings is 2. The molecule has 156 valence electrons. The molecule has 0 radical (unpaired) electrons. The van der Waals surface area contributed by atoms with Gasteiger partial charge in [-0.1, -0.05) is 25.5 Å². The topological polar surface area (TPSA) is 71.3 Å². The molecule has 1 aliphatic rings. The molecule has 0 bridgehead atoms. The third-order valence-corrected chi connectivity index (χ3v) is 5.96. The van der Waals surface area contributed by atoms with E-state index in [9.17, 15) is 13.2 Å². The van der Waals surface area contributed by atoms with Crippen LogP contribution >= 0.6 is 0 Å². The molecule has 1 aliphatic heterocycles. The minimum Gasteiger partial charge on any atom is -0.304 e. The van der Waals surface area contributed by atoms with Gasteiger partial charge in [0.05, 0.1) is 28.8 Å². The molecule has 4 aromatic rings. The van der Waals surface area contributed by atoms with E-state index < -0.39 is 12.2 Å². The fourth-order valence-electron chi connectivity index (χ4n) is 4.35. The largest absolute Gasteiger partial charge is 0.304 e. The smallest absolute Gasteiger partial charge is 0.267 e. The molecule has 31 heavy (non-hydrogen) atoms. The van der Waals surface area contributed by atoms with E-state index in [2.05, 4.69) is 21.0 Å². The van der Waals surface area contributed by atoms with Crippen molar-refractivity contribution in [1.82, 2.24) is 24.0 Å². The zero-order valence-corrected chi connectivity index (χ0v) is 16.8. The highest BCUT2D eigenvalue weighted by atomic mass is 19.3. The number of aromatic nitrogens is 5. The van der Waals surface area contributed by atoms with Crippen LogP contribution in [0.25, 0.3) is 22.6 Å². The van der Waals surface area contributed by atoms with Crippen LogP contribution in [0.1, 0.15) is 42.1 Å². The number of rotatable bonds is 3. The van der Waals surface area contributed by atoms with Gasteiger partial charge in [-0.25, -0.2) is 32.9 Å². The van der Waals surface area contributed by atoms with Crippen molar-refractivity contribution in [2.75, 3.05) is 0 Å². The van der Waals surface area contributed by atoms with Crippen molar-refractivity contribution < 1.29 is 13.2 Å². The van der Waals surface area contributed by atoms with Crippen LogP contribution in [0.5, 0.6) is 0 Å². The third-order valence-electron chi connectivity index (χ3n) is 5.96. The second-order valence-electron chi connectivity index (χ2n) is 8.09. The Morgan fingerprint density at radius 3 is 2.61 bits per heavy atom. The Balaban J connectivity index is 1.56. The van der Waals surface area contributed by atoms with E-state index in [1.807, 2.05) is 0 Å². The van der Waals surface area contributed by atoms with E-state index in [4.69, 9.17) is 5.26 Å². The summed E-state index contributed by atoms with van der Waals surface area (Å²) >= 11 is 0. The summed E-state index contributed by atoms with van der Waals surface area (Å²) in [6, 6.07) is 2.53. The Bertz CT molecular complexity index is 1330. The first kappa shape index (κ1) is 19.6. The zero-order chi connectivity index (χ0) is 21.7. The SMILES string of the molecule is Cc1cn2nc(-c3cc(F)c4nc(C5CCB(C#N)CC5)cn4c3)cc(C(F)F)c2n1. The maximum atomic E-state index is 14.9. The standard InChI is InChI=1S/C21H18BF3N6/c1-12-8-31-20(27-12)15(19(24)25)7-17(29-31)14-6-16(23)21-28-18(10-30(21)9-14)13-2-4-22(11-26)5-3-13/h6-10,13,19H,2-5H2,1H3. The lowest BCUT2D eigenvalue weighted by molar-refractivity contribution is 0.152. The molecule has 0 atom stereocenters. The molecule has 0 N–H and O–H groups in total. The van der Waals surface area contributed by atoms with Gasteiger partial charge in [-0.2, -0.15) is 5.10 Å². The summed E-state index contributed by atoms with van der Waals surface area (Å²) in [5.74, 6) is 1.95. The van der Waals surface area contributed by atoms with Crippen LogP contribution in [-0.4, -0.2) is 30.7 Å². The number of hydrogen-bond donors (Lipinski definition) is 0. The molecule has 1 fully saturated rings. The number of fused-ring (bicyclic) bond motifs is 2. The van der Waals surface area contributed by atoms with Gasteiger partial charge in [0.15, 0.2) is 17.1 Å². The van der Waals surface area contributed by atoms with Crippen molar-refractivity contribution in [3.8, 4) is 17.2 Å². The van der Waals surface area contributed by atoms with E-state index in [0.29, 0.717) is 11.3 Å². The van der Waals surface area contributed by atoms with Crippen LogP contribution in [-0.2, 0) is 0 Å². The third kappa shape index (κ3) is 3.44. The zero-order valence-electron chi connectivity index (χ0n) is 16.8. The van der Waals surface area contributed by atoms with Gasteiger partial charge in [-0.3, -0.25) is 0 Å². The number of alkyl halides is 2. The Morgan fingerprint density at radius 2 is 1.90 bits per heavy atom. The molecule has 0 aliphatic carbocycles. The summed E-state index contributed by atoms with van der Waals surface area (Å²) in [5.41, 5.74) is 1.99. The van der Waals surface area contributed by atoms with Gasteiger partial charge >= 0.3 is 0 Å². The van der Waals surface area contributed by atoms with Crippen molar-refractivity contribution in [1.29, 1.82) is 5.26 Å². The lowest BCUT2D eigenvalue weighted by Crippen LogP contribution is -2.18. The molecule has 0 amide bonds. The quantitative estimate of drug-likeness (QED) is 0.442. The number of pyridine rings is 1. The van der Waals surface area contributed by atoms with E-state index >= 15 is 0 Å². The van der Waals surface area contributed by atoms with E-state index in [-0.39, 0.29) is 35.2 Å². The minimum atomic E-state index is -2.73. The molecule has 5 heterocycles. The molecule has 0 aromatic carbocycles. The Morgan fingerprint density at radius 1 is 1.13 bits per heavy atom. The number of nitrogens with zero attached hydrogens (tertiary/aromatic N) is 6. The Kier molecular flexibility index (Phi) is 4.69. The first-order chi connectivity index (χ1) is 14.9. The molecule has 1 saturated heterocycles. The van der Waals surface area contributed by atoms with Crippen molar-refractivity contribution in [3.63, 3.8) is 0 Å². The second kappa shape index (κ2) is 7.41. The highest BCUT2D eigenvalue weighted by Gasteiger charge is 2.27. The van der Waals surface area contributed by atoms with Gasteiger partial charge in [-0.15, -0.1) is 0 Å². The minimum absolute atomic E-state index is 0.0773. The van der Waals surface area contributed by atoms with Crippen molar-refractivity contribution in [3.05, 3.63) is 53.5 Å². The first-order valence-corrected chi connectivity index (χ1v) is 10.2. The molecule has 0 spiro atoms. The summed E-state index contributed by atoms with van der Waals surface area (Å²) in [7, 11) is 0. The van der Waals surface area contributed by atoms with Crippen molar-refractivity contribution in [2.45, 2.75) is 44.7 Å². The molecule has 0 unspecified atom stereocenters. The molecule has 4 aromatic heterocycles. The molecule has 5 rings (SSSR count). The summed E-state index contributed by atoms with van der Waals surface area (Å²) in [6.07, 6.45) is 5.57. The van der Waals surface area contributed by atoms with Gasteiger partial charge in [0.2, 0.25) is 0 Å². The highest BCUT2D eigenvalue weighted by Crippen LogP contribution is 2.34. The normalized spacial score (nSPS) is 15.3. The number of hydrogen-bond acceptors (Lipinski definition) is 4.